The molecular formula is C25H23ClN4O4S. The van der Waals surface area contributed by atoms with E-state index in [2.05, 4.69) is 10.3 Å². The smallest absolute Gasteiger partial charge is 0.256 e. The largest absolute Gasteiger partial charge is 0.489 e. The normalized spacial score (nSPS) is 10.8. The molecule has 0 aliphatic carbocycles. The number of aliphatic hydroxyl groups excluding tert-OH is 1. The standard InChI is InChI=1S/C25H23ClN4O4S/c1-30(9-10-31)25(33)20-12-28-23(27)21-16(14-35-22(20)21)13-34-19-4-2-3-15(11-19)24(32)29-18-7-5-17(26)6-8-18/h2-8,11-12,14,31H,9-10,13H2,1H3,(H2,27,28)(H,29,32). The van der Waals surface area contributed by atoms with Crippen molar-refractivity contribution in [2.45, 2.75) is 6.61 Å². The van der Waals surface area contributed by atoms with E-state index >= 15 is 0 Å². The SMILES string of the molecule is CN(CCO)C(=O)c1cnc(N)c2c(COc3cccc(C(=O)Nc4ccc(Cl)cc4)c3)csc12. The Kier molecular flexibility index (Phi) is 7.50. The van der Waals surface area contributed by atoms with E-state index in [0.717, 1.165) is 5.56 Å². The number of thiophene rings is 1. The highest BCUT2D eigenvalue weighted by Gasteiger charge is 2.20. The minimum Gasteiger partial charge on any atom is -0.489 e. The van der Waals surface area contributed by atoms with E-state index < -0.39 is 0 Å². The van der Waals surface area contributed by atoms with Gasteiger partial charge in [-0.15, -0.1) is 11.3 Å². The number of carbonyl (C=O) groups excluding carboxylic acids is 2. The summed E-state index contributed by atoms with van der Waals surface area (Å²) in [5, 5.41) is 15.1. The summed E-state index contributed by atoms with van der Waals surface area (Å²) < 4.78 is 6.66. The molecule has 0 bridgehead atoms. The molecule has 35 heavy (non-hydrogen) atoms. The second-order valence-electron chi connectivity index (χ2n) is 7.75. The van der Waals surface area contributed by atoms with Crippen molar-refractivity contribution in [2.75, 3.05) is 31.2 Å². The maximum atomic E-state index is 12.8. The summed E-state index contributed by atoms with van der Waals surface area (Å²) in [6.45, 7) is 0.264. The van der Waals surface area contributed by atoms with Crippen molar-refractivity contribution in [3.63, 3.8) is 0 Å². The number of fused-ring (bicyclic) bond motifs is 1. The number of likely N-dealkylation sites (N-methyl/N-ethyl adjacent to an activating group) is 1. The fraction of sp³-hybridized carbons (Fsp3) is 0.160. The van der Waals surface area contributed by atoms with Crippen LogP contribution in [0.2, 0.25) is 5.02 Å². The number of hydrogen-bond acceptors (Lipinski definition) is 7. The van der Waals surface area contributed by atoms with Crippen LogP contribution in [-0.2, 0) is 6.61 Å². The number of carbonyl (C=O) groups is 2. The number of pyridine rings is 1. The number of amides is 2. The highest BCUT2D eigenvalue weighted by molar-refractivity contribution is 7.17. The van der Waals surface area contributed by atoms with E-state index in [-0.39, 0.29) is 31.6 Å². The molecule has 0 radical (unpaired) electrons. The molecule has 2 amide bonds. The van der Waals surface area contributed by atoms with Crippen LogP contribution in [0.4, 0.5) is 11.5 Å². The Morgan fingerprint density at radius 2 is 2.00 bits per heavy atom. The van der Waals surface area contributed by atoms with Crippen molar-refractivity contribution in [1.29, 1.82) is 0 Å². The zero-order valence-corrected chi connectivity index (χ0v) is 20.4. The van der Waals surface area contributed by atoms with Crippen LogP contribution >= 0.6 is 22.9 Å². The lowest BCUT2D eigenvalue weighted by Gasteiger charge is -2.16. The molecule has 2 aromatic carbocycles. The Morgan fingerprint density at radius 1 is 1.23 bits per heavy atom. The van der Waals surface area contributed by atoms with Gasteiger partial charge in [0.15, 0.2) is 0 Å². The van der Waals surface area contributed by atoms with Crippen LogP contribution < -0.4 is 15.8 Å². The van der Waals surface area contributed by atoms with Gasteiger partial charge >= 0.3 is 0 Å². The zero-order chi connectivity index (χ0) is 24.9. The Morgan fingerprint density at radius 3 is 2.74 bits per heavy atom. The molecule has 0 aliphatic heterocycles. The number of benzene rings is 2. The number of anilines is 2. The summed E-state index contributed by atoms with van der Waals surface area (Å²) >= 11 is 7.27. The quantitative estimate of drug-likeness (QED) is 0.323. The van der Waals surface area contributed by atoms with E-state index in [4.69, 9.17) is 27.2 Å². The number of nitrogens with one attached hydrogen (secondary N) is 1. The van der Waals surface area contributed by atoms with Gasteiger partial charge in [-0.1, -0.05) is 17.7 Å². The average Bonchev–Trinajstić information content (AvgIpc) is 3.29. The monoisotopic (exact) mass is 510 g/mol. The molecule has 10 heteroatoms. The predicted octanol–water partition coefficient (Wildman–Crippen LogP) is 4.43. The summed E-state index contributed by atoms with van der Waals surface area (Å²) in [7, 11) is 1.62. The summed E-state index contributed by atoms with van der Waals surface area (Å²) in [6, 6.07) is 13.7. The van der Waals surface area contributed by atoms with Gasteiger partial charge in [0.25, 0.3) is 11.8 Å². The molecule has 2 heterocycles. The molecule has 8 nitrogen and oxygen atoms in total. The van der Waals surface area contributed by atoms with Crippen molar-refractivity contribution in [2.24, 2.45) is 0 Å². The summed E-state index contributed by atoms with van der Waals surface area (Å²) in [5.41, 5.74) is 8.41. The second kappa shape index (κ2) is 10.7. The van der Waals surface area contributed by atoms with Crippen LogP contribution in [0.5, 0.6) is 5.75 Å². The molecule has 0 unspecified atom stereocenters. The van der Waals surface area contributed by atoms with E-state index in [9.17, 15) is 9.59 Å². The lowest BCUT2D eigenvalue weighted by Crippen LogP contribution is -2.29. The number of nitrogens with zero attached hydrogens (tertiary/aromatic N) is 2. The first-order chi connectivity index (χ1) is 16.9. The van der Waals surface area contributed by atoms with Crippen molar-refractivity contribution < 1.29 is 19.4 Å². The van der Waals surface area contributed by atoms with Crippen LogP contribution in [0.1, 0.15) is 26.3 Å². The first kappa shape index (κ1) is 24.5. The Balaban J connectivity index is 1.51. The zero-order valence-electron chi connectivity index (χ0n) is 18.8. The van der Waals surface area contributed by atoms with Crippen LogP contribution in [0.3, 0.4) is 0 Å². The molecule has 0 saturated carbocycles. The number of nitrogens with two attached hydrogens (primary N) is 1. The number of halogens is 1. The first-order valence-electron chi connectivity index (χ1n) is 10.7. The molecule has 0 aliphatic rings. The molecule has 0 saturated heterocycles. The maximum Gasteiger partial charge on any atom is 0.256 e. The van der Waals surface area contributed by atoms with Gasteiger partial charge in [-0.05, 0) is 47.8 Å². The molecule has 0 atom stereocenters. The predicted molar refractivity (Wildman–Crippen MR) is 138 cm³/mol. The molecule has 180 valence electrons. The maximum absolute atomic E-state index is 12.8. The topological polar surface area (TPSA) is 118 Å². The lowest BCUT2D eigenvalue weighted by molar-refractivity contribution is 0.0768. The number of aliphatic hydroxyl groups is 1. The molecular weight excluding hydrogens is 488 g/mol. The van der Waals surface area contributed by atoms with Crippen LogP contribution in [-0.4, -0.2) is 47.0 Å². The average molecular weight is 511 g/mol. The molecule has 0 spiro atoms. The number of nitrogen functional groups attached to an aromatic ring is 1. The van der Waals surface area contributed by atoms with Gasteiger partial charge < -0.3 is 25.8 Å². The highest BCUT2D eigenvalue weighted by atomic mass is 35.5. The van der Waals surface area contributed by atoms with Gasteiger partial charge in [0.2, 0.25) is 0 Å². The summed E-state index contributed by atoms with van der Waals surface area (Å²) in [5.74, 6) is 0.291. The summed E-state index contributed by atoms with van der Waals surface area (Å²) in [4.78, 5) is 31.0. The summed E-state index contributed by atoms with van der Waals surface area (Å²) in [6.07, 6.45) is 1.46. The first-order valence-corrected chi connectivity index (χ1v) is 11.9. The Bertz CT molecular complexity index is 1370. The Labute approximate surface area is 210 Å². The number of rotatable bonds is 8. The third-order valence-corrected chi connectivity index (χ3v) is 6.62. The minimum atomic E-state index is -0.276. The van der Waals surface area contributed by atoms with Gasteiger partial charge in [-0.2, -0.15) is 0 Å². The molecule has 4 rings (SSSR count). The van der Waals surface area contributed by atoms with Crippen molar-refractivity contribution in [1.82, 2.24) is 9.88 Å². The van der Waals surface area contributed by atoms with Gasteiger partial charge in [0.1, 0.15) is 18.2 Å². The third-order valence-electron chi connectivity index (χ3n) is 5.31. The van der Waals surface area contributed by atoms with Crippen molar-refractivity contribution >= 4 is 56.3 Å². The molecule has 4 aromatic rings. The van der Waals surface area contributed by atoms with Crippen LogP contribution in [0.25, 0.3) is 10.1 Å². The fourth-order valence-corrected chi connectivity index (χ4v) is 4.66. The third kappa shape index (κ3) is 5.54. The number of ether oxygens (including phenoxy) is 1. The van der Waals surface area contributed by atoms with Gasteiger partial charge in [-0.3, -0.25) is 9.59 Å². The fourth-order valence-electron chi connectivity index (χ4n) is 3.47. The molecule has 2 aromatic heterocycles. The van der Waals surface area contributed by atoms with E-state index in [0.29, 0.717) is 43.5 Å². The van der Waals surface area contributed by atoms with E-state index in [1.54, 1.807) is 55.6 Å². The molecule has 0 fully saturated rings. The Hall–Kier alpha value is -3.66. The van der Waals surface area contributed by atoms with Crippen LogP contribution in [0, 0.1) is 0 Å². The van der Waals surface area contributed by atoms with Gasteiger partial charge in [-0.25, -0.2) is 4.98 Å². The van der Waals surface area contributed by atoms with Crippen LogP contribution in [0.15, 0.2) is 60.1 Å². The lowest BCUT2D eigenvalue weighted by atomic mass is 10.1. The minimum absolute atomic E-state index is 0.131. The van der Waals surface area contributed by atoms with Gasteiger partial charge in [0, 0.05) is 47.0 Å². The molecule has 4 N–H and O–H groups in total. The second-order valence-corrected chi connectivity index (χ2v) is 9.07. The van der Waals surface area contributed by atoms with E-state index in [1.165, 1.54) is 22.4 Å². The highest BCUT2D eigenvalue weighted by Crippen LogP contribution is 2.33. The van der Waals surface area contributed by atoms with Gasteiger partial charge in [0.05, 0.1) is 16.9 Å². The van der Waals surface area contributed by atoms with Crippen molar-refractivity contribution in [3.05, 3.63) is 81.8 Å². The number of aromatic nitrogens is 1. The van der Waals surface area contributed by atoms with Crippen molar-refractivity contribution in [3.8, 4) is 5.75 Å². The van der Waals surface area contributed by atoms with E-state index in [1.807, 2.05) is 5.38 Å². The number of hydrogen-bond donors (Lipinski definition) is 3.